The number of piperidine rings is 1. The summed E-state index contributed by atoms with van der Waals surface area (Å²) in [5, 5.41) is 0.445. The number of para-hydroxylation sites is 1. The molecule has 0 aliphatic carbocycles. The van der Waals surface area contributed by atoms with Gasteiger partial charge in [0.15, 0.2) is 0 Å². The van der Waals surface area contributed by atoms with E-state index in [0.29, 0.717) is 27.6 Å². The number of nitrogen functional groups attached to an aromatic ring is 1. The van der Waals surface area contributed by atoms with Gasteiger partial charge in [0, 0.05) is 13.1 Å². The molecule has 0 spiro atoms. The lowest BCUT2D eigenvalue weighted by Crippen LogP contribution is -2.41. The van der Waals surface area contributed by atoms with Gasteiger partial charge in [-0.05, 0) is 36.3 Å². The van der Waals surface area contributed by atoms with E-state index in [1.54, 1.807) is 18.2 Å². The first-order valence-electron chi connectivity index (χ1n) is 7.14. The molecule has 2 rings (SSSR count). The molecular weight excluding hydrogens is 272 g/mol. The summed E-state index contributed by atoms with van der Waals surface area (Å²) in [7, 11) is 0. The molecule has 0 aromatic heterocycles. The second kappa shape index (κ2) is 5.65. The maximum absolute atomic E-state index is 12.5. The van der Waals surface area contributed by atoms with Gasteiger partial charge in [0.05, 0.1) is 16.3 Å². The van der Waals surface area contributed by atoms with Gasteiger partial charge in [-0.2, -0.15) is 0 Å². The van der Waals surface area contributed by atoms with Crippen molar-refractivity contribution in [2.45, 2.75) is 33.6 Å². The van der Waals surface area contributed by atoms with Crippen molar-refractivity contribution in [3.8, 4) is 0 Å². The standard InChI is InChI=1S/C16H23ClN2O/c1-16(2,3)11-7-9-19(10-8-11)15(20)12-5-4-6-13(17)14(12)18/h4-6,11H,7-10,18H2,1-3H3. The summed E-state index contributed by atoms with van der Waals surface area (Å²) in [6.07, 6.45) is 2.10. The summed E-state index contributed by atoms with van der Waals surface area (Å²) in [4.78, 5) is 14.4. The molecule has 1 fully saturated rings. The van der Waals surface area contributed by atoms with Crippen molar-refractivity contribution in [3.05, 3.63) is 28.8 Å². The Hall–Kier alpha value is -1.22. The monoisotopic (exact) mass is 294 g/mol. The number of amides is 1. The van der Waals surface area contributed by atoms with E-state index in [4.69, 9.17) is 17.3 Å². The van der Waals surface area contributed by atoms with Crippen molar-refractivity contribution in [2.24, 2.45) is 11.3 Å². The number of nitrogens with two attached hydrogens (primary N) is 1. The van der Waals surface area contributed by atoms with Crippen LogP contribution >= 0.6 is 11.6 Å². The van der Waals surface area contributed by atoms with Gasteiger partial charge in [-0.3, -0.25) is 4.79 Å². The van der Waals surface area contributed by atoms with Crippen molar-refractivity contribution < 1.29 is 4.79 Å². The fraction of sp³-hybridized carbons (Fsp3) is 0.562. The smallest absolute Gasteiger partial charge is 0.255 e. The van der Waals surface area contributed by atoms with Gasteiger partial charge in [-0.15, -0.1) is 0 Å². The Kier molecular flexibility index (Phi) is 4.28. The molecule has 1 aliphatic rings. The average Bonchev–Trinajstić information content (AvgIpc) is 2.40. The van der Waals surface area contributed by atoms with Crippen LogP contribution in [0.3, 0.4) is 0 Å². The number of nitrogens with zero attached hydrogens (tertiary/aromatic N) is 1. The zero-order chi connectivity index (χ0) is 14.9. The highest BCUT2D eigenvalue weighted by atomic mass is 35.5. The SMILES string of the molecule is CC(C)(C)C1CCN(C(=O)c2cccc(Cl)c2N)CC1. The first-order valence-corrected chi connectivity index (χ1v) is 7.51. The summed E-state index contributed by atoms with van der Waals surface area (Å²) in [6.45, 7) is 8.40. The van der Waals surface area contributed by atoms with E-state index < -0.39 is 0 Å². The van der Waals surface area contributed by atoms with Crippen LogP contribution in [0, 0.1) is 11.3 Å². The van der Waals surface area contributed by atoms with Crippen LogP contribution in [0.2, 0.25) is 5.02 Å². The molecule has 2 N–H and O–H groups in total. The zero-order valence-corrected chi connectivity index (χ0v) is 13.2. The maximum atomic E-state index is 12.5. The fourth-order valence-electron chi connectivity index (χ4n) is 2.84. The van der Waals surface area contributed by atoms with Gasteiger partial charge in [-0.25, -0.2) is 0 Å². The Morgan fingerprint density at radius 3 is 2.45 bits per heavy atom. The third-order valence-electron chi connectivity index (χ3n) is 4.29. The molecule has 1 heterocycles. The van der Waals surface area contributed by atoms with E-state index in [9.17, 15) is 4.79 Å². The summed E-state index contributed by atoms with van der Waals surface area (Å²) in [5.41, 5.74) is 7.12. The molecule has 110 valence electrons. The molecule has 3 nitrogen and oxygen atoms in total. The van der Waals surface area contributed by atoms with Crippen LogP contribution in [0.4, 0.5) is 5.69 Å². The Morgan fingerprint density at radius 1 is 1.30 bits per heavy atom. The van der Waals surface area contributed by atoms with E-state index in [-0.39, 0.29) is 5.91 Å². The molecule has 0 bridgehead atoms. The molecule has 4 heteroatoms. The van der Waals surface area contributed by atoms with Gasteiger partial charge in [-0.1, -0.05) is 38.4 Å². The van der Waals surface area contributed by atoms with Crippen molar-refractivity contribution in [3.63, 3.8) is 0 Å². The molecule has 20 heavy (non-hydrogen) atoms. The predicted octanol–water partition coefficient (Wildman–Crippen LogP) is 3.82. The van der Waals surface area contributed by atoms with Crippen molar-refractivity contribution >= 4 is 23.2 Å². The number of rotatable bonds is 1. The number of hydrogen-bond donors (Lipinski definition) is 1. The van der Waals surface area contributed by atoms with Crippen LogP contribution in [0.5, 0.6) is 0 Å². The molecule has 1 aromatic rings. The summed E-state index contributed by atoms with van der Waals surface area (Å²) in [6, 6.07) is 5.23. The van der Waals surface area contributed by atoms with Gasteiger partial charge in [0.2, 0.25) is 0 Å². The van der Waals surface area contributed by atoms with Crippen LogP contribution < -0.4 is 5.73 Å². The number of carbonyl (C=O) groups excluding carboxylic acids is 1. The van der Waals surface area contributed by atoms with Crippen LogP contribution in [0.1, 0.15) is 44.0 Å². The zero-order valence-electron chi connectivity index (χ0n) is 12.4. The van der Waals surface area contributed by atoms with Crippen molar-refractivity contribution in [1.82, 2.24) is 4.90 Å². The van der Waals surface area contributed by atoms with E-state index in [1.807, 2.05) is 4.90 Å². The molecule has 0 radical (unpaired) electrons. The molecule has 1 saturated heterocycles. The lowest BCUT2D eigenvalue weighted by atomic mass is 9.75. The number of halogens is 1. The normalized spacial score (nSPS) is 17.3. The second-order valence-electron chi connectivity index (χ2n) is 6.63. The highest BCUT2D eigenvalue weighted by Crippen LogP contribution is 2.35. The highest BCUT2D eigenvalue weighted by Gasteiger charge is 2.31. The highest BCUT2D eigenvalue weighted by molar-refractivity contribution is 6.33. The minimum absolute atomic E-state index is 0.00245. The molecule has 1 amide bonds. The minimum Gasteiger partial charge on any atom is -0.397 e. The Labute approximate surface area is 126 Å². The Balaban J connectivity index is 2.07. The lowest BCUT2D eigenvalue weighted by Gasteiger charge is -2.38. The molecule has 0 unspecified atom stereocenters. The first kappa shape index (κ1) is 15.2. The maximum Gasteiger partial charge on any atom is 0.255 e. The Morgan fingerprint density at radius 2 is 1.90 bits per heavy atom. The largest absolute Gasteiger partial charge is 0.397 e. The van der Waals surface area contributed by atoms with Crippen molar-refractivity contribution in [1.29, 1.82) is 0 Å². The third-order valence-corrected chi connectivity index (χ3v) is 4.62. The van der Waals surface area contributed by atoms with Crippen LogP contribution in [0.25, 0.3) is 0 Å². The van der Waals surface area contributed by atoms with E-state index >= 15 is 0 Å². The molecule has 1 aliphatic heterocycles. The average molecular weight is 295 g/mol. The Bertz CT molecular complexity index is 500. The molecular formula is C16H23ClN2O. The van der Waals surface area contributed by atoms with Gasteiger partial charge >= 0.3 is 0 Å². The fourth-order valence-corrected chi connectivity index (χ4v) is 3.02. The van der Waals surface area contributed by atoms with Crippen LogP contribution in [0.15, 0.2) is 18.2 Å². The third kappa shape index (κ3) is 3.09. The lowest BCUT2D eigenvalue weighted by molar-refractivity contribution is 0.0609. The van der Waals surface area contributed by atoms with E-state index in [0.717, 1.165) is 25.9 Å². The van der Waals surface area contributed by atoms with Gasteiger partial charge < -0.3 is 10.6 Å². The second-order valence-corrected chi connectivity index (χ2v) is 7.04. The molecule has 1 aromatic carbocycles. The van der Waals surface area contributed by atoms with Crippen molar-refractivity contribution in [2.75, 3.05) is 18.8 Å². The summed E-state index contributed by atoms with van der Waals surface area (Å²) >= 11 is 5.98. The molecule has 0 saturated carbocycles. The van der Waals surface area contributed by atoms with E-state index in [1.165, 1.54) is 0 Å². The number of likely N-dealkylation sites (tertiary alicyclic amines) is 1. The summed E-state index contributed by atoms with van der Waals surface area (Å²) in [5.74, 6) is 0.667. The molecule has 0 atom stereocenters. The van der Waals surface area contributed by atoms with Crippen LogP contribution in [-0.2, 0) is 0 Å². The quantitative estimate of drug-likeness (QED) is 0.800. The minimum atomic E-state index is -0.00245. The summed E-state index contributed by atoms with van der Waals surface area (Å²) < 4.78 is 0. The van der Waals surface area contributed by atoms with Gasteiger partial charge in [0.1, 0.15) is 0 Å². The topological polar surface area (TPSA) is 46.3 Å². The number of carbonyl (C=O) groups is 1. The van der Waals surface area contributed by atoms with E-state index in [2.05, 4.69) is 20.8 Å². The number of benzene rings is 1. The first-order chi connectivity index (χ1) is 9.30. The van der Waals surface area contributed by atoms with Gasteiger partial charge in [0.25, 0.3) is 5.91 Å². The predicted molar refractivity (Wildman–Crippen MR) is 83.9 cm³/mol. The number of anilines is 1. The number of hydrogen-bond acceptors (Lipinski definition) is 2. The van der Waals surface area contributed by atoms with Crippen LogP contribution in [-0.4, -0.2) is 23.9 Å².